The van der Waals surface area contributed by atoms with Crippen LogP contribution in [-0.2, 0) is 6.42 Å². The van der Waals surface area contributed by atoms with Gasteiger partial charge in [-0.2, -0.15) is 0 Å². The average Bonchev–Trinajstić information content (AvgIpc) is 3.52. The third kappa shape index (κ3) is 4.48. The maximum Gasteiger partial charge on any atom is 0.277 e. The van der Waals surface area contributed by atoms with E-state index in [1.807, 2.05) is 0 Å². The number of phenols is 1. The number of rotatable bonds is 5. The van der Waals surface area contributed by atoms with Crippen molar-refractivity contribution in [3.05, 3.63) is 47.2 Å². The Morgan fingerprint density at radius 3 is 2.65 bits per heavy atom. The van der Waals surface area contributed by atoms with Gasteiger partial charge >= 0.3 is 0 Å². The zero-order valence-electron chi connectivity index (χ0n) is 22.4. The molecule has 210 valence electrons. The highest BCUT2D eigenvalue weighted by Gasteiger charge is 2.38. The molecule has 3 saturated heterocycles. The van der Waals surface area contributed by atoms with Gasteiger partial charge in [0.15, 0.2) is 16.8 Å². The van der Waals surface area contributed by atoms with Crippen LogP contribution in [0.5, 0.6) is 5.75 Å². The molecule has 8 nitrogen and oxygen atoms in total. The summed E-state index contributed by atoms with van der Waals surface area (Å²) in [7, 11) is 2.14. The number of carbonyl (C=O) groups excluding carboxylic acids is 1. The second-order valence-corrected chi connectivity index (χ2v) is 12.4. The number of benzene rings is 2. The van der Waals surface area contributed by atoms with E-state index >= 15 is 4.39 Å². The van der Waals surface area contributed by atoms with Crippen molar-refractivity contribution in [3.8, 4) is 5.75 Å². The van der Waals surface area contributed by atoms with Gasteiger partial charge in [0.25, 0.3) is 5.91 Å². The van der Waals surface area contributed by atoms with E-state index in [0.29, 0.717) is 40.8 Å². The van der Waals surface area contributed by atoms with E-state index in [-0.39, 0.29) is 23.4 Å². The number of carbonyl (C=O) groups is 1. The van der Waals surface area contributed by atoms with Crippen molar-refractivity contribution in [2.24, 2.45) is 0 Å². The van der Waals surface area contributed by atoms with E-state index < -0.39 is 17.5 Å². The molecule has 40 heavy (non-hydrogen) atoms. The third-order valence-corrected chi connectivity index (χ3v) is 9.84. The van der Waals surface area contributed by atoms with Gasteiger partial charge in [0.05, 0.1) is 5.69 Å². The Bertz CT molecular complexity index is 1490. The molecule has 2 bridgehead atoms. The van der Waals surface area contributed by atoms with Crippen LogP contribution in [0.25, 0.3) is 10.8 Å². The van der Waals surface area contributed by atoms with E-state index in [4.69, 9.17) is 9.97 Å². The molecule has 5 heterocycles. The Balaban J connectivity index is 1.29. The van der Waals surface area contributed by atoms with E-state index in [9.17, 15) is 14.3 Å². The topological polar surface area (TPSA) is 84.8 Å². The number of aromatic hydroxyl groups is 1. The maximum absolute atomic E-state index is 15.1. The Hall–Kier alpha value is -3.02. The minimum atomic E-state index is -1.04. The molecule has 3 atom stereocenters. The molecule has 7 rings (SSSR count). The van der Waals surface area contributed by atoms with Crippen molar-refractivity contribution < 1.29 is 18.7 Å². The lowest BCUT2D eigenvalue weighted by molar-refractivity contribution is 0.0974. The number of thioether (sulfide) groups is 1. The van der Waals surface area contributed by atoms with Gasteiger partial charge in [0.1, 0.15) is 17.3 Å². The number of amides is 1. The van der Waals surface area contributed by atoms with Gasteiger partial charge in [0.2, 0.25) is 0 Å². The number of nitrogens with zero attached hydrogens (tertiary/aromatic N) is 5. The second-order valence-electron chi connectivity index (χ2n) is 11.4. The Labute approximate surface area is 235 Å². The molecule has 3 aromatic rings. The van der Waals surface area contributed by atoms with E-state index in [2.05, 4.69) is 22.2 Å². The van der Waals surface area contributed by atoms with Crippen LogP contribution in [0.2, 0.25) is 0 Å². The summed E-state index contributed by atoms with van der Waals surface area (Å²) >= 11 is 1.57. The van der Waals surface area contributed by atoms with Gasteiger partial charge in [-0.15, -0.1) is 0 Å². The molecular weight excluding hydrogens is 534 g/mol. The van der Waals surface area contributed by atoms with Crippen LogP contribution >= 0.6 is 11.8 Å². The SMILES string of the molecule is CN1CCC[C@H]1CSc1nc2c(c(N3C[C@H]4CC[C@@H](C3)N4)n1)CCN(c1cc(O)cc3ccc(F)c(F)c13)C2=O. The second kappa shape index (κ2) is 10.1. The lowest BCUT2D eigenvalue weighted by atomic mass is 10.0. The lowest BCUT2D eigenvalue weighted by Crippen LogP contribution is -2.52. The van der Waals surface area contributed by atoms with Crippen LogP contribution in [0.4, 0.5) is 20.3 Å². The molecule has 3 fully saturated rings. The standard InChI is InChI=1S/C29H32F2N6O2S/c1-35-9-2-3-19(35)15-40-29-33-26-21(27(34-29)36-13-17-5-6-18(14-36)32-17)8-10-37(28(26)39)23-12-20(38)11-16-4-7-22(30)25(31)24(16)23/h4,7,11-12,17-19,32,38H,2-3,5-6,8-10,13-15H2,1H3/t17-,18+,19-/m0/s1. The molecule has 0 spiro atoms. The van der Waals surface area contributed by atoms with Crippen molar-refractivity contribution in [1.29, 1.82) is 0 Å². The molecule has 0 radical (unpaired) electrons. The number of fused-ring (bicyclic) bond motifs is 4. The van der Waals surface area contributed by atoms with Gasteiger partial charge in [-0.25, -0.2) is 18.7 Å². The minimum Gasteiger partial charge on any atom is -0.508 e. The smallest absolute Gasteiger partial charge is 0.277 e. The summed E-state index contributed by atoms with van der Waals surface area (Å²) in [6.45, 7) is 2.98. The van der Waals surface area contributed by atoms with Gasteiger partial charge in [-0.3, -0.25) is 4.79 Å². The number of hydrogen-bond acceptors (Lipinski definition) is 8. The molecule has 0 aliphatic carbocycles. The maximum atomic E-state index is 15.1. The number of anilines is 2. The number of halogens is 2. The number of nitrogens with one attached hydrogen (secondary N) is 1. The first-order valence-electron chi connectivity index (χ1n) is 14.0. The first-order valence-corrected chi connectivity index (χ1v) is 15.0. The number of likely N-dealkylation sites (tertiary alicyclic amines) is 1. The van der Waals surface area contributed by atoms with E-state index in [0.717, 1.165) is 62.1 Å². The summed E-state index contributed by atoms with van der Waals surface area (Å²) in [5.41, 5.74) is 1.25. The zero-order valence-corrected chi connectivity index (χ0v) is 23.2. The summed E-state index contributed by atoms with van der Waals surface area (Å²) in [5, 5.41) is 14.9. The fraction of sp³-hybridized carbons (Fsp3) is 0.483. The van der Waals surface area contributed by atoms with Crippen LogP contribution < -0.4 is 15.1 Å². The highest BCUT2D eigenvalue weighted by Crippen LogP contribution is 2.39. The molecule has 4 aliphatic heterocycles. The lowest BCUT2D eigenvalue weighted by Gasteiger charge is -2.37. The quantitative estimate of drug-likeness (QED) is 0.355. The van der Waals surface area contributed by atoms with Gasteiger partial charge in [-0.05, 0) is 63.2 Å². The molecule has 11 heteroatoms. The predicted molar refractivity (Wildman–Crippen MR) is 151 cm³/mol. The Morgan fingerprint density at radius 1 is 1.10 bits per heavy atom. The normalized spacial score (nSPS) is 24.8. The summed E-state index contributed by atoms with van der Waals surface area (Å²) in [4.78, 5) is 30.0. The average molecular weight is 567 g/mol. The summed E-state index contributed by atoms with van der Waals surface area (Å²) in [6.07, 6.45) is 5.03. The first kappa shape index (κ1) is 25.9. The fourth-order valence-electron chi connectivity index (χ4n) is 6.77. The Kier molecular flexibility index (Phi) is 6.55. The van der Waals surface area contributed by atoms with Crippen LogP contribution in [0.15, 0.2) is 29.4 Å². The van der Waals surface area contributed by atoms with Gasteiger partial charge in [0, 0.05) is 60.5 Å². The summed E-state index contributed by atoms with van der Waals surface area (Å²) in [6, 6.07) is 6.38. The number of hydrogen-bond donors (Lipinski definition) is 2. The van der Waals surface area contributed by atoms with Crippen molar-refractivity contribution in [3.63, 3.8) is 0 Å². The molecule has 2 aromatic carbocycles. The zero-order chi connectivity index (χ0) is 27.5. The Morgan fingerprint density at radius 2 is 1.90 bits per heavy atom. The molecule has 4 aliphatic rings. The molecule has 2 N–H and O–H groups in total. The van der Waals surface area contributed by atoms with Crippen LogP contribution in [0.1, 0.15) is 41.7 Å². The first-order chi connectivity index (χ1) is 19.4. The molecule has 1 amide bonds. The largest absolute Gasteiger partial charge is 0.508 e. The monoisotopic (exact) mass is 566 g/mol. The van der Waals surface area contributed by atoms with E-state index in [1.165, 1.54) is 29.5 Å². The highest BCUT2D eigenvalue weighted by molar-refractivity contribution is 7.99. The van der Waals surface area contributed by atoms with E-state index in [1.54, 1.807) is 11.8 Å². The van der Waals surface area contributed by atoms with Gasteiger partial charge < -0.3 is 25.1 Å². The summed E-state index contributed by atoms with van der Waals surface area (Å²) in [5.74, 6) is -0.902. The van der Waals surface area contributed by atoms with Gasteiger partial charge in [-0.1, -0.05) is 17.8 Å². The van der Waals surface area contributed by atoms with Crippen molar-refractivity contribution in [2.75, 3.05) is 48.8 Å². The molecule has 0 unspecified atom stereocenters. The van der Waals surface area contributed by atoms with Crippen molar-refractivity contribution in [1.82, 2.24) is 20.2 Å². The van der Waals surface area contributed by atoms with Crippen LogP contribution in [0, 0.1) is 11.6 Å². The predicted octanol–water partition coefficient (Wildman–Crippen LogP) is 3.94. The molecule has 1 aromatic heterocycles. The minimum absolute atomic E-state index is 0.0265. The molecular formula is C29H32F2N6O2S. The van der Waals surface area contributed by atoms with Crippen molar-refractivity contribution >= 4 is 39.9 Å². The van der Waals surface area contributed by atoms with Crippen LogP contribution in [-0.4, -0.2) is 83.0 Å². The van der Waals surface area contributed by atoms with Crippen LogP contribution in [0.3, 0.4) is 0 Å². The molecule has 0 saturated carbocycles. The summed E-state index contributed by atoms with van der Waals surface area (Å²) < 4.78 is 29.3. The fourth-order valence-corrected chi connectivity index (χ4v) is 7.84. The third-order valence-electron chi connectivity index (χ3n) is 8.85. The number of phenolic OH excluding ortho intramolecular Hbond substituents is 1. The highest BCUT2D eigenvalue weighted by atomic mass is 32.2. The number of aromatic nitrogens is 2. The van der Waals surface area contributed by atoms with Crippen molar-refractivity contribution in [2.45, 2.75) is 55.4 Å². The number of piperazine rings is 1.